The van der Waals surface area contributed by atoms with Crippen LogP contribution in [0.15, 0.2) is 62.4 Å². The number of aromatic nitrogens is 1. The summed E-state index contributed by atoms with van der Waals surface area (Å²) >= 11 is 4.70. The molecule has 0 fully saturated rings. The van der Waals surface area contributed by atoms with Gasteiger partial charge in [-0.1, -0.05) is 33.3 Å². The molecule has 0 amide bonds. The zero-order valence-corrected chi connectivity index (χ0v) is 22.6. The van der Waals surface area contributed by atoms with Crippen LogP contribution >= 0.6 is 27.3 Å². The van der Waals surface area contributed by atoms with Crippen molar-refractivity contribution < 1.29 is 23.7 Å². The normalized spacial score (nSPS) is 15.0. The van der Waals surface area contributed by atoms with Gasteiger partial charge in [0.15, 0.2) is 16.3 Å². The number of benzene rings is 2. The number of carbonyl (C=O) groups excluding carboxylic acids is 1. The number of methoxy groups -OCH3 is 2. The molecule has 2 aromatic carbocycles. The summed E-state index contributed by atoms with van der Waals surface area (Å²) in [4.78, 5) is 31.3. The third-order valence-electron chi connectivity index (χ3n) is 5.49. The molecule has 10 heteroatoms. The van der Waals surface area contributed by atoms with E-state index in [1.807, 2.05) is 38.1 Å². The number of hydrogen-bond donors (Lipinski definition) is 0. The average molecular weight is 573 g/mol. The van der Waals surface area contributed by atoms with Crippen LogP contribution < -0.4 is 29.1 Å². The molecule has 0 spiro atoms. The molecule has 1 aliphatic heterocycles. The van der Waals surface area contributed by atoms with E-state index in [-0.39, 0.29) is 11.1 Å². The van der Waals surface area contributed by atoms with Crippen LogP contribution in [0.2, 0.25) is 0 Å². The van der Waals surface area contributed by atoms with Gasteiger partial charge in [-0.05, 0) is 55.8 Å². The highest BCUT2D eigenvalue weighted by Gasteiger charge is 2.31. The van der Waals surface area contributed by atoms with Crippen molar-refractivity contribution in [1.29, 1.82) is 0 Å². The Morgan fingerprint density at radius 3 is 2.50 bits per heavy atom. The van der Waals surface area contributed by atoms with E-state index in [1.165, 1.54) is 29.2 Å². The van der Waals surface area contributed by atoms with Crippen LogP contribution in [0.3, 0.4) is 0 Å². The molecule has 4 rings (SSSR count). The van der Waals surface area contributed by atoms with Gasteiger partial charge >= 0.3 is 5.97 Å². The Balaban J connectivity index is 1.93. The maximum absolute atomic E-state index is 13.7. The fraction of sp³-hybridized carbons (Fsp3) is 0.269. The fourth-order valence-electron chi connectivity index (χ4n) is 3.95. The molecule has 188 valence electrons. The molecule has 8 nitrogen and oxygen atoms in total. The van der Waals surface area contributed by atoms with Gasteiger partial charge in [0.25, 0.3) is 5.56 Å². The Morgan fingerprint density at radius 2 is 1.81 bits per heavy atom. The molecular weight excluding hydrogens is 548 g/mol. The minimum Gasteiger partial charge on any atom is -0.496 e. The van der Waals surface area contributed by atoms with Crippen molar-refractivity contribution in [1.82, 2.24) is 4.57 Å². The molecule has 3 aromatic rings. The van der Waals surface area contributed by atoms with E-state index in [1.54, 1.807) is 25.3 Å². The van der Waals surface area contributed by atoms with Gasteiger partial charge < -0.3 is 18.9 Å². The first-order valence-corrected chi connectivity index (χ1v) is 12.8. The summed E-state index contributed by atoms with van der Waals surface area (Å²) in [6, 6.07) is 10.2. The Labute approximate surface area is 220 Å². The molecule has 0 saturated carbocycles. The van der Waals surface area contributed by atoms with Crippen molar-refractivity contribution >= 4 is 39.3 Å². The quantitative estimate of drug-likeness (QED) is 0.383. The first-order valence-electron chi connectivity index (χ1n) is 11.2. The highest BCUT2D eigenvalue weighted by atomic mass is 79.9. The lowest BCUT2D eigenvalue weighted by Crippen LogP contribution is -2.39. The first kappa shape index (κ1) is 25.7. The van der Waals surface area contributed by atoms with Crippen molar-refractivity contribution in [2.24, 2.45) is 4.99 Å². The molecule has 1 atom stereocenters. The molecule has 0 bridgehead atoms. The lowest BCUT2D eigenvalue weighted by atomic mass is 9.97. The zero-order chi connectivity index (χ0) is 25.8. The van der Waals surface area contributed by atoms with Crippen LogP contribution in [0.5, 0.6) is 17.2 Å². The molecule has 0 saturated heterocycles. The van der Waals surface area contributed by atoms with Crippen molar-refractivity contribution in [3.63, 3.8) is 0 Å². The number of rotatable bonds is 8. The molecule has 2 heterocycles. The van der Waals surface area contributed by atoms with Crippen molar-refractivity contribution in [3.05, 3.63) is 83.5 Å². The van der Waals surface area contributed by atoms with Crippen LogP contribution in [0.4, 0.5) is 0 Å². The van der Waals surface area contributed by atoms with Gasteiger partial charge in [-0.2, -0.15) is 0 Å². The summed E-state index contributed by atoms with van der Waals surface area (Å²) in [5.74, 6) is 1.17. The van der Waals surface area contributed by atoms with Gasteiger partial charge in [0.2, 0.25) is 0 Å². The SMILES string of the molecule is CCOc1ccc([C@H]2C(C(=O)OC)=CN=c3s/c(=C/c4cc(Br)ccc4OC)c(=O)n32)cc1OCC. The van der Waals surface area contributed by atoms with Gasteiger partial charge in [-0.15, -0.1) is 0 Å². The van der Waals surface area contributed by atoms with Crippen LogP contribution in [0, 0.1) is 0 Å². The fourth-order valence-corrected chi connectivity index (χ4v) is 5.29. The standard InChI is InChI=1S/C26H25BrN2O6S/c1-5-34-20-9-7-15(12-21(20)35-6-2)23-18(25(31)33-4)14-28-26-29(23)24(30)22(36-26)13-16-11-17(27)8-10-19(16)32-3/h7-14,23H,5-6H2,1-4H3/b22-13+/t23-/m0/s1. The number of fused-ring (bicyclic) bond motifs is 1. The Bertz CT molecular complexity index is 1510. The molecule has 0 radical (unpaired) electrons. The third kappa shape index (κ3) is 4.96. The van der Waals surface area contributed by atoms with Crippen LogP contribution in [0.1, 0.15) is 31.0 Å². The van der Waals surface area contributed by atoms with Crippen molar-refractivity contribution in [3.8, 4) is 17.2 Å². The maximum Gasteiger partial charge on any atom is 0.337 e. The van der Waals surface area contributed by atoms with E-state index in [0.29, 0.717) is 45.4 Å². The maximum atomic E-state index is 13.7. The second kappa shape index (κ2) is 11.1. The lowest BCUT2D eigenvalue weighted by Gasteiger charge is -2.23. The minimum atomic E-state index is -0.755. The number of hydrogen-bond acceptors (Lipinski definition) is 8. The van der Waals surface area contributed by atoms with E-state index in [4.69, 9.17) is 18.9 Å². The smallest absolute Gasteiger partial charge is 0.337 e. The first-order chi connectivity index (χ1) is 17.4. The summed E-state index contributed by atoms with van der Waals surface area (Å²) in [5, 5.41) is 0. The number of halogens is 1. The van der Waals surface area contributed by atoms with Gasteiger partial charge in [0, 0.05) is 16.2 Å². The number of ether oxygens (including phenoxy) is 4. The van der Waals surface area contributed by atoms with Gasteiger partial charge in [-0.3, -0.25) is 9.36 Å². The van der Waals surface area contributed by atoms with E-state index in [0.717, 1.165) is 10.0 Å². The Hall–Kier alpha value is -3.37. The predicted octanol–water partition coefficient (Wildman–Crippen LogP) is 3.59. The largest absolute Gasteiger partial charge is 0.496 e. The summed E-state index contributed by atoms with van der Waals surface area (Å²) in [7, 11) is 2.88. The third-order valence-corrected chi connectivity index (χ3v) is 6.98. The van der Waals surface area contributed by atoms with Gasteiger partial charge in [0.1, 0.15) is 5.75 Å². The molecule has 0 N–H and O–H groups in total. The molecule has 1 aromatic heterocycles. The predicted molar refractivity (Wildman–Crippen MR) is 141 cm³/mol. The molecular formula is C26H25BrN2O6S. The second-order valence-corrected chi connectivity index (χ2v) is 9.56. The summed E-state index contributed by atoms with van der Waals surface area (Å²) in [5.41, 5.74) is 1.36. The van der Waals surface area contributed by atoms with Crippen LogP contribution in [-0.2, 0) is 9.53 Å². The Morgan fingerprint density at radius 1 is 1.08 bits per heavy atom. The Kier molecular flexibility index (Phi) is 7.95. The molecule has 0 unspecified atom stereocenters. The summed E-state index contributed by atoms with van der Waals surface area (Å²) in [6.07, 6.45) is 3.22. The monoisotopic (exact) mass is 572 g/mol. The van der Waals surface area contributed by atoms with Crippen LogP contribution in [0.25, 0.3) is 6.08 Å². The van der Waals surface area contributed by atoms with Crippen molar-refractivity contribution in [2.75, 3.05) is 27.4 Å². The molecule has 1 aliphatic rings. The topological polar surface area (TPSA) is 88.4 Å². The second-order valence-electron chi connectivity index (χ2n) is 7.63. The summed E-state index contributed by atoms with van der Waals surface area (Å²) in [6.45, 7) is 4.67. The number of nitrogens with zero attached hydrogens (tertiary/aromatic N) is 2. The average Bonchev–Trinajstić information content (AvgIpc) is 3.19. The lowest BCUT2D eigenvalue weighted by molar-refractivity contribution is -0.136. The van der Waals surface area contributed by atoms with Gasteiger partial charge in [0.05, 0.1) is 43.6 Å². The number of esters is 1. The van der Waals surface area contributed by atoms with Gasteiger partial charge in [-0.25, -0.2) is 9.79 Å². The zero-order valence-electron chi connectivity index (χ0n) is 20.2. The van der Waals surface area contributed by atoms with E-state index < -0.39 is 12.0 Å². The summed E-state index contributed by atoms with van der Waals surface area (Å²) < 4.78 is 24.8. The van der Waals surface area contributed by atoms with Crippen molar-refractivity contribution in [2.45, 2.75) is 19.9 Å². The minimum absolute atomic E-state index is 0.239. The van der Waals surface area contributed by atoms with E-state index in [2.05, 4.69) is 20.9 Å². The van der Waals surface area contributed by atoms with E-state index in [9.17, 15) is 9.59 Å². The number of carbonyl (C=O) groups is 1. The number of thiazole rings is 1. The molecule has 0 aliphatic carbocycles. The highest BCUT2D eigenvalue weighted by Crippen LogP contribution is 2.35. The van der Waals surface area contributed by atoms with E-state index >= 15 is 0 Å². The van der Waals surface area contributed by atoms with Crippen LogP contribution in [-0.4, -0.2) is 38.0 Å². The highest BCUT2D eigenvalue weighted by molar-refractivity contribution is 9.10. The molecule has 36 heavy (non-hydrogen) atoms.